The van der Waals surface area contributed by atoms with Crippen molar-refractivity contribution >= 4 is 52.0 Å². The number of piperidine rings is 1. The monoisotopic (exact) mass is 439 g/mol. The quantitative estimate of drug-likeness (QED) is 0.701. The number of carbonyl (C=O) groups excluding carboxylic acids is 2. The first kappa shape index (κ1) is 21.1. The molecule has 1 aromatic heterocycles. The van der Waals surface area contributed by atoms with Gasteiger partial charge >= 0.3 is 0 Å². The molecular weight excluding hydrogens is 417 g/mol. The van der Waals surface area contributed by atoms with Gasteiger partial charge in [-0.2, -0.15) is 0 Å². The number of carbonyl (C=O) groups is 2. The normalized spacial score (nSPS) is 17.0. The summed E-state index contributed by atoms with van der Waals surface area (Å²) in [6.45, 7) is 4.75. The third kappa shape index (κ3) is 5.04. The van der Waals surface area contributed by atoms with Gasteiger partial charge in [0.25, 0.3) is 0 Å². The van der Waals surface area contributed by atoms with Crippen molar-refractivity contribution < 1.29 is 9.59 Å². The summed E-state index contributed by atoms with van der Waals surface area (Å²) in [4.78, 5) is 31.9. The van der Waals surface area contributed by atoms with Crippen molar-refractivity contribution in [3.8, 4) is 0 Å². The van der Waals surface area contributed by atoms with Gasteiger partial charge in [-0.15, -0.1) is 11.3 Å². The van der Waals surface area contributed by atoms with Crippen LogP contribution < -0.4 is 5.32 Å². The first-order chi connectivity index (χ1) is 13.3. The Morgan fingerprint density at radius 3 is 2.75 bits per heavy atom. The number of thiazole rings is 1. The molecular formula is C20H23Cl2N3O2S. The Bertz CT molecular complexity index is 869. The molecule has 8 heteroatoms. The van der Waals surface area contributed by atoms with E-state index in [4.69, 9.17) is 23.2 Å². The number of anilines is 1. The minimum atomic E-state index is -0.487. The standard InChI is InChI=1S/C20H23Cl2N3O2S/c1-12(2)20-24-14(11-28-20)10-18(26)25-8-4-3-5-17(25)19(27)23-13-6-7-15(21)16(22)9-13/h6-7,9,11-12,17H,3-5,8,10H2,1-2H3,(H,23,27). The molecule has 1 saturated heterocycles. The number of aromatic nitrogens is 1. The second-order valence-electron chi connectivity index (χ2n) is 7.23. The summed E-state index contributed by atoms with van der Waals surface area (Å²) >= 11 is 13.5. The van der Waals surface area contributed by atoms with Crippen molar-refractivity contribution in [3.05, 3.63) is 44.3 Å². The molecule has 0 saturated carbocycles. The Hall–Kier alpha value is -1.63. The fourth-order valence-corrected chi connectivity index (χ4v) is 4.36. The van der Waals surface area contributed by atoms with Gasteiger partial charge in [-0.1, -0.05) is 37.0 Å². The molecule has 1 aromatic carbocycles. The van der Waals surface area contributed by atoms with Crippen molar-refractivity contribution in [2.24, 2.45) is 0 Å². The van der Waals surface area contributed by atoms with Crippen LogP contribution in [0.3, 0.4) is 0 Å². The van der Waals surface area contributed by atoms with Crippen LogP contribution in [-0.4, -0.2) is 34.3 Å². The molecule has 0 radical (unpaired) electrons. The largest absolute Gasteiger partial charge is 0.330 e. The maximum Gasteiger partial charge on any atom is 0.247 e. The highest BCUT2D eigenvalue weighted by atomic mass is 35.5. The average molecular weight is 440 g/mol. The molecule has 1 N–H and O–H groups in total. The maximum absolute atomic E-state index is 12.9. The summed E-state index contributed by atoms with van der Waals surface area (Å²) in [5.41, 5.74) is 1.34. The molecule has 1 aliphatic heterocycles. The van der Waals surface area contributed by atoms with Crippen LogP contribution in [0.4, 0.5) is 5.69 Å². The Morgan fingerprint density at radius 2 is 2.07 bits per heavy atom. The van der Waals surface area contributed by atoms with Gasteiger partial charge in [0, 0.05) is 23.5 Å². The summed E-state index contributed by atoms with van der Waals surface area (Å²) in [7, 11) is 0. The Balaban J connectivity index is 1.68. The molecule has 0 aliphatic carbocycles. The van der Waals surface area contributed by atoms with Crippen LogP contribution in [0, 0.1) is 0 Å². The predicted octanol–water partition coefficient (Wildman–Crippen LogP) is 5.14. The number of amides is 2. The summed E-state index contributed by atoms with van der Waals surface area (Å²) < 4.78 is 0. The van der Waals surface area contributed by atoms with Crippen LogP contribution in [0.5, 0.6) is 0 Å². The number of likely N-dealkylation sites (tertiary alicyclic amines) is 1. The molecule has 0 bridgehead atoms. The first-order valence-electron chi connectivity index (χ1n) is 9.35. The van der Waals surface area contributed by atoms with Gasteiger partial charge in [-0.25, -0.2) is 4.98 Å². The summed E-state index contributed by atoms with van der Waals surface area (Å²) in [5.74, 6) is 0.0794. The van der Waals surface area contributed by atoms with E-state index in [-0.39, 0.29) is 18.2 Å². The van der Waals surface area contributed by atoms with Gasteiger partial charge in [-0.05, 0) is 37.5 Å². The molecule has 5 nitrogen and oxygen atoms in total. The topological polar surface area (TPSA) is 62.3 Å². The Labute approximate surface area is 179 Å². The molecule has 28 heavy (non-hydrogen) atoms. The summed E-state index contributed by atoms with van der Waals surface area (Å²) in [6, 6.07) is 4.46. The zero-order chi connectivity index (χ0) is 20.3. The van der Waals surface area contributed by atoms with E-state index in [0.717, 1.165) is 23.5 Å². The van der Waals surface area contributed by atoms with E-state index in [1.54, 1.807) is 34.4 Å². The fourth-order valence-electron chi connectivity index (χ4n) is 3.23. The van der Waals surface area contributed by atoms with E-state index in [1.165, 1.54) is 0 Å². The van der Waals surface area contributed by atoms with Gasteiger partial charge < -0.3 is 10.2 Å². The van der Waals surface area contributed by atoms with E-state index in [9.17, 15) is 9.59 Å². The lowest BCUT2D eigenvalue weighted by Gasteiger charge is -2.34. The summed E-state index contributed by atoms with van der Waals surface area (Å²) in [5, 5.41) is 6.62. The van der Waals surface area contributed by atoms with Crippen molar-refractivity contribution in [3.63, 3.8) is 0 Å². The van der Waals surface area contributed by atoms with E-state index < -0.39 is 6.04 Å². The van der Waals surface area contributed by atoms with Crippen LogP contribution in [0.2, 0.25) is 10.0 Å². The SMILES string of the molecule is CC(C)c1nc(CC(=O)N2CCCCC2C(=O)Nc2ccc(Cl)c(Cl)c2)cs1. The van der Waals surface area contributed by atoms with E-state index in [2.05, 4.69) is 24.1 Å². The van der Waals surface area contributed by atoms with E-state index in [0.29, 0.717) is 34.6 Å². The molecule has 2 heterocycles. The molecule has 2 aromatic rings. The van der Waals surface area contributed by atoms with Crippen LogP contribution in [0.1, 0.15) is 49.7 Å². The lowest BCUT2D eigenvalue weighted by molar-refractivity contribution is -0.139. The Morgan fingerprint density at radius 1 is 1.29 bits per heavy atom. The smallest absolute Gasteiger partial charge is 0.247 e. The number of nitrogens with zero attached hydrogens (tertiary/aromatic N) is 2. The number of benzene rings is 1. The highest BCUT2D eigenvalue weighted by molar-refractivity contribution is 7.09. The molecule has 0 spiro atoms. The number of hydrogen-bond acceptors (Lipinski definition) is 4. The first-order valence-corrected chi connectivity index (χ1v) is 11.0. The van der Waals surface area contributed by atoms with Crippen molar-refractivity contribution in [2.75, 3.05) is 11.9 Å². The highest BCUT2D eigenvalue weighted by Crippen LogP contribution is 2.26. The van der Waals surface area contributed by atoms with E-state index in [1.807, 2.05) is 5.38 Å². The summed E-state index contributed by atoms with van der Waals surface area (Å²) in [6.07, 6.45) is 2.68. The third-order valence-electron chi connectivity index (χ3n) is 4.71. The van der Waals surface area contributed by atoms with Gasteiger partial charge in [0.2, 0.25) is 11.8 Å². The fraction of sp³-hybridized carbons (Fsp3) is 0.450. The van der Waals surface area contributed by atoms with Gasteiger partial charge in [0.15, 0.2) is 0 Å². The number of halogens is 2. The second-order valence-corrected chi connectivity index (χ2v) is 8.93. The van der Waals surface area contributed by atoms with Gasteiger partial charge in [-0.3, -0.25) is 9.59 Å². The van der Waals surface area contributed by atoms with Gasteiger partial charge in [0.1, 0.15) is 6.04 Å². The molecule has 2 amide bonds. The zero-order valence-electron chi connectivity index (χ0n) is 15.9. The molecule has 1 atom stereocenters. The average Bonchev–Trinajstić information content (AvgIpc) is 3.13. The minimum absolute atomic E-state index is 0.0606. The molecule has 1 fully saturated rings. The second kappa shape index (κ2) is 9.25. The van der Waals surface area contributed by atoms with Crippen molar-refractivity contribution in [1.29, 1.82) is 0 Å². The lowest BCUT2D eigenvalue weighted by atomic mass is 10.0. The van der Waals surface area contributed by atoms with E-state index >= 15 is 0 Å². The molecule has 1 unspecified atom stereocenters. The molecule has 150 valence electrons. The molecule has 1 aliphatic rings. The van der Waals surface area contributed by atoms with Crippen molar-refractivity contribution in [2.45, 2.75) is 51.5 Å². The number of nitrogens with one attached hydrogen (secondary N) is 1. The van der Waals surface area contributed by atoms with Crippen LogP contribution in [0.15, 0.2) is 23.6 Å². The highest BCUT2D eigenvalue weighted by Gasteiger charge is 2.32. The number of hydrogen-bond donors (Lipinski definition) is 1. The Kier molecular flexibility index (Phi) is 6.96. The minimum Gasteiger partial charge on any atom is -0.330 e. The number of rotatable bonds is 5. The van der Waals surface area contributed by atoms with Crippen LogP contribution in [0.25, 0.3) is 0 Å². The molecule has 3 rings (SSSR count). The third-order valence-corrected chi connectivity index (χ3v) is 6.64. The van der Waals surface area contributed by atoms with Crippen LogP contribution >= 0.6 is 34.5 Å². The zero-order valence-corrected chi connectivity index (χ0v) is 18.2. The lowest BCUT2D eigenvalue weighted by Crippen LogP contribution is -2.50. The maximum atomic E-state index is 12.9. The van der Waals surface area contributed by atoms with Crippen LogP contribution in [-0.2, 0) is 16.0 Å². The van der Waals surface area contributed by atoms with Crippen molar-refractivity contribution in [1.82, 2.24) is 9.88 Å². The van der Waals surface area contributed by atoms with Gasteiger partial charge in [0.05, 0.1) is 27.2 Å². The predicted molar refractivity (Wildman–Crippen MR) is 114 cm³/mol.